The lowest BCUT2D eigenvalue weighted by molar-refractivity contribution is 0.102. The third-order valence-corrected chi connectivity index (χ3v) is 6.42. The number of benzene rings is 1. The number of ether oxygens (including phenoxy) is 1. The number of morpholine rings is 1. The average molecular weight is 501 g/mol. The molecule has 1 saturated heterocycles. The number of aromatic nitrogens is 6. The summed E-state index contributed by atoms with van der Waals surface area (Å²) in [4.78, 5) is 24.1. The normalized spacial score (nSPS) is 14.1. The van der Waals surface area contributed by atoms with E-state index in [1.165, 1.54) is 0 Å². The van der Waals surface area contributed by atoms with Gasteiger partial charge in [-0.3, -0.25) is 4.79 Å². The van der Waals surface area contributed by atoms with E-state index in [2.05, 4.69) is 55.8 Å². The van der Waals surface area contributed by atoms with Gasteiger partial charge in [-0.2, -0.15) is 0 Å². The van der Waals surface area contributed by atoms with Crippen LogP contribution < -0.4 is 10.2 Å². The van der Waals surface area contributed by atoms with Crippen LogP contribution in [0.2, 0.25) is 0 Å². The van der Waals surface area contributed by atoms with Crippen LogP contribution in [-0.4, -0.2) is 61.7 Å². The van der Waals surface area contributed by atoms with Gasteiger partial charge in [-0.05, 0) is 64.4 Å². The van der Waals surface area contributed by atoms with Crippen molar-refractivity contribution in [2.45, 2.75) is 40.2 Å². The van der Waals surface area contributed by atoms with E-state index >= 15 is 0 Å². The summed E-state index contributed by atoms with van der Waals surface area (Å²) in [7, 11) is 0. The van der Waals surface area contributed by atoms with Crippen molar-refractivity contribution in [3.8, 4) is 17.1 Å². The largest absolute Gasteiger partial charge is 0.378 e. The monoisotopic (exact) mass is 500 g/mol. The SMILES string of the molecule is Cc1ccc(NC(=O)c2ccnc(N3CCOCC3)c2)cc1-n1cc(-c2cnc(C)n2C(C)(C)C)nn1. The van der Waals surface area contributed by atoms with E-state index in [4.69, 9.17) is 4.74 Å². The maximum absolute atomic E-state index is 13.1. The number of nitrogens with one attached hydrogen (secondary N) is 1. The molecule has 0 bridgehead atoms. The Hall–Kier alpha value is -4.05. The smallest absolute Gasteiger partial charge is 0.255 e. The lowest BCUT2D eigenvalue weighted by Crippen LogP contribution is -2.36. The fourth-order valence-corrected chi connectivity index (χ4v) is 4.63. The minimum atomic E-state index is -0.199. The number of hydrogen-bond acceptors (Lipinski definition) is 7. The summed E-state index contributed by atoms with van der Waals surface area (Å²) in [6.07, 6.45) is 5.39. The number of nitrogens with zero attached hydrogens (tertiary/aromatic N) is 7. The molecule has 0 radical (unpaired) electrons. The minimum Gasteiger partial charge on any atom is -0.378 e. The summed E-state index contributed by atoms with van der Waals surface area (Å²) in [5, 5.41) is 11.8. The van der Waals surface area contributed by atoms with E-state index in [9.17, 15) is 4.79 Å². The predicted octanol–water partition coefficient (Wildman–Crippen LogP) is 3.99. The molecule has 1 aromatic carbocycles. The van der Waals surface area contributed by atoms with Crippen molar-refractivity contribution in [3.63, 3.8) is 0 Å². The van der Waals surface area contributed by atoms with Gasteiger partial charge in [0.25, 0.3) is 5.91 Å². The highest BCUT2D eigenvalue weighted by atomic mass is 16.5. The number of hydrogen-bond donors (Lipinski definition) is 1. The first-order chi connectivity index (χ1) is 17.7. The van der Waals surface area contributed by atoms with Crippen LogP contribution in [0.15, 0.2) is 48.9 Å². The number of anilines is 2. The Balaban J connectivity index is 1.38. The van der Waals surface area contributed by atoms with Crippen molar-refractivity contribution in [3.05, 3.63) is 65.9 Å². The number of aryl methyl sites for hydroxylation is 2. The molecule has 10 nitrogen and oxygen atoms in total. The Kier molecular flexibility index (Phi) is 6.51. The van der Waals surface area contributed by atoms with Crippen molar-refractivity contribution in [2.24, 2.45) is 0 Å². The second-order valence-corrected chi connectivity index (χ2v) is 10.2. The molecule has 3 aromatic heterocycles. The van der Waals surface area contributed by atoms with Crippen molar-refractivity contribution >= 4 is 17.4 Å². The Morgan fingerprint density at radius 1 is 1.05 bits per heavy atom. The quantitative estimate of drug-likeness (QED) is 0.442. The van der Waals surface area contributed by atoms with Crippen molar-refractivity contribution in [1.29, 1.82) is 0 Å². The number of pyridine rings is 1. The zero-order chi connectivity index (χ0) is 26.2. The molecule has 5 rings (SSSR count). The standard InChI is InChI=1S/C27H32N8O2/c1-18-6-7-21(30-26(36)20-8-9-28-25(14-20)33-10-12-37-13-11-33)15-23(18)34-17-22(31-32-34)24-16-29-19(2)35(24)27(3,4)5/h6-9,14-17H,10-13H2,1-5H3,(H,30,36). The van der Waals surface area contributed by atoms with Crippen molar-refractivity contribution in [2.75, 3.05) is 36.5 Å². The fraction of sp³-hybridized carbons (Fsp3) is 0.370. The molecule has 4 heterocycles. The van der Waals surface area contributed by atoms with E-state index in [0.717, 1.165) is 47.4 Å². The van der Waals surface area contributed by atoms with Crippen LogP contribution in [0.4, 0.5) is 11.5 Å². The third-order valence-electron chi connectivity index (χ3n) is 6.42. The molecular formula is C27H32N8O2. The second kappa shape index (κ2) is 9.78. The molecule has 0 atom stereocenters. The molecule has 0 spiro atoms. The first-order valence-electron chi connectivity index (χ1n) is 12.4. The molecule has 1 fully saturated rings. The minimum absolute atomic E-state index is 0.144. The molecule has 0 saturated carbocycles. The molecule has 0 unspecified atom stereocenters. The van der Waals surface area contributed by atoms with E-state index in [0.29, 0.717) is 24.5 Å². The Morgan fingerprint density at radius 2 is 1.84 bits per heavy atom. The van der Waals surface area contributed by atoms with Gasteiger partial charge in [0.05, 0.1) is 37.0 Å². The second-order valence-electron chi connectivity index (χ2n) is 10.2. The molecule has 1 N–H and O–H groups in total. The topological polar surface area (TPSA) is 103 Å². The Labute approximate surface area is 216 Å². The molecular weight excluding hydrogens is 468 g/mol. The van der Waals surface area contributed by atoms with Crippen LogP contribution in [0.5, 0.6) is 0 Å². The maximum Gasteiger partial charge on any atom is 0.255 e. The van der Waals surface area contributed by atoms with E-state index in [-0.39, 0.29) is 11.4 Å². The van der Waals surface area contributed by atoms with E-state index in [1.807, 2.05) is 50.5 Å². The molecule has 1 amide bonds. The number of carbonyl (C=O) groups excluding carboxylic acids is 1. The van der Waals surface area contributed by atoms with Crippen LogP contribution >= 0.6 is 0 Å². The van der Waals surface area contributed by atoms with Crippen LogP contribution in [0, 0.1) is 13.8 Å². The van der Waals surface area contributed by atoms with Crippen LogP contribution in [0.25, 0.3) is 17.1 Å². The summed E-state index contributed by atoms with van der Waals surface area (Å²) in [6.45, 7) is 13.2. The first kappa shape index (κ1) is 24.6. The molecule has 0 aliphatic carbocycles. The summed E-state index contributed by atoms with van der Waals surface area (Å²) in [5.41, 5.74) is 4.56. The zero-order valence-electron chi connectivity index (χ0n) is 21.9. The van der Waals surface area contributed by atoms with Crippen LogP contribution in [-0.2, 0) is 10.3 Å². The Bertz CT molecular complexity index is 1430. The van der Waals surface area contributed by atoms with E-state index < -0.39 is 0 Å². The number of amides is 1. The van der Waals surface area contributed by atoms with Gasteiger partial charge in [0.2, 0.25) is 0 Å². The van der Waals surface area contributed by atoms with Crippen molar-refractivity contribution < 1.29 is 9.53 Å². The number of rotatable bonds is 5. The highest BCUT2D eigenvalue weighted by Crippen LogP contribution is 2.28. The highest BCUT2D eigenvalue weighted by Gasteiger charge is 2.22. The zero-order valence-corrected chi connectivity index (χ0v) is 21.9. The molecule has 37 heavy (non-hydrogen) atoms. The van der Waals surface area contributed by atoms with Gasteiger partial charge in [-0.25, -0.2) is 14.6 Å². The van der Waals surface area contributed by atoms with Gasteiger partial charge in [0.15, 0.2) is 0 Å². The Morgan fingerprint density at radius 3 is 2.59 bits per heavy atom. The number of carbonyl (C=O) groups is 1. The van der Waals surface area contributed by atoms with Gasteiger partial charge < -0.3 is 19.5 Å². The highest BCUT2D eigenvalue weighted by molar-refractivity contribution is 6.04. The fourth-order valence-electron chi connectivity index (χ4n) is 4.63. The molecule has 1 aliphatic heterocycles. The third kappa shape index (κ3) is 5.10. The molecule has 10 heteroatoms. The molecule has 192 valence electrons. The van der Waals surface area contributed by atoms with Gasteiger partial charge in [0, 0.05) is 36.1 Å². The summed E-state index contributed by atoms with van der Waals surface area (Å²) in [5.74, 6) is 1.50. The van der Waals surface area contributed by atoms with Crippen LogP contribution in [0.3, 0.4) is 0 Å². The summed E-state index contributed by atoms with van der Waals surface area (Å²) < 4.78 is 9.31. The van der Waals surface area contributed by atoms with Gasteiger partial charge in [0.1, 0.15) is 17.3 Å². The van der Waals surface area contributed by atoms with Crippen molar-refractivity contribution in [1.82, 2.24) is 29.5 Å². The summed E-state index contributed by atoms with van der Waals surface area (Å²) in [6, 6.07) is 9.29. The van der Waals surface area contributed by atoms with Gasteiger partial charge in [-0.1, -0.05) is 11.3 Å². The maximum atomic E-state index is 13.1. The predicted molar refractivity (Wildman–Crippen MR) is 142 cm³/mol. The number of imidazole rings is 1. The van der Waals surface area contributed by atoms with Gasteiger partial charge >= 0.3 is 0 Å². The van der Waals surface area contributed by atoms with Gasteiger partial charge in [-0.15, -0.1) is 5.10 Å². The summed E-state index contributed by atoms with van der Waals surface area (Å²) >= 11 is 0. The van der Waals surface area contributed by atoms with Crippen LogP contribution in [0.1, 0.15) is 42.5 Å². The lowest BCUT2D eigenvalue weighted by atomic mass is 10.1. The molecule has 4 aromatic rings. The average Bonchev–Trinajstić information content (AvgIpc) is 3.52. The first-order valence-corrected chi connectivity index (χ1v) is 12.4. The molecule has 1 aliphatic rings. The van der Waals surface area contributed by atoms with E-state index in [1.54, 1.807) is 16.9 Å². The lowest BCUT2D eigenvalue weighted by Gasteiger charge is -2.27.